The standard InChI is InChI=1S/C21H24N4O.HI/c1-2-23-21(25-15-18-5-3-17(14-22)4-6-18)24-11-9-16-7-8-20-19(13-16)10-12-26-20;/h3-8,13H,2,9-12,15H2,1H3,(H2,23,24,25);1H. The fourth-order valence-electron chi connectivity index (χ4n) is 2.92. The number of ether oxygens (including phenoxy) is 1. The van der Waals surface area contributed by atoms with Gasteiger partial charge in [-0.05, 0) is 48.2 Å². The molecule has 1 heterocycles. The number of fused-ring (bicyclic) bond motifs is 1. The molecule has 3 rings (SSSR count). The lowest BCUT2D eigenvalue weighted by molar-refractivity contribution is 0.357. The number of nitriles is 1. The highest BCUT2D eigenvalue weighted by molar-refractivity contribution is 14.0. The molecule has 0 saturated heterocycles. The molecule has 1 aliphatic heterocycles. The highest BCUT2D eigenvalue weighted by Crippen LogP contribution is 2.25. The van der Waals surface area contributed by atoms with Crippen LogP contribution in [0, 0.1) is 11.3 Å². The molecule has 0 aliphatic carbocycles. The third kappa shape index (κ3) is 6.14. The predicted octanol–water partition coefficient (Wildman–Crippen LogP) is 3.41. The molecule has 27 heavy (non-hydrogen) atoms. The van der Waals surface area contributed by atoms with Gasteiger partial charge in [0.2, 0.25) is 0 Å². The number of nitrogens with zero attached hydrogens (tertiary/aromatic N) is 2. The maximum absolute atomic E-state index is 8.85. The van der Waals surface area contributed by atoms with Crippen molar-refractivity contribution in [3.8, 4) is 11.8 Å². The van der Waals surface area contributed by atoms with E-state index in [0.717, 1.165) is 49.8 Å². The van der Waals surface area contributed by atoms with E-state index in [0.29, 0.717) is 12.1 Å². The van der Waals surface area contributed by atoms with Crippen molar-refractivity contribution in [2.75, 3.05) is 19.7 Å². The molecule has 0 aromatic heterocycles. The van der Waals surface area contributed by atoms with E-state index in [1.807, 2.05) is 24.3 Å². The van der Waals surface area contributed by atoms with E-state index in [9.17, 15) is 0 Å². The molecule has 0 amide bonds. The van der Waals surface area contributed by atoms with Crippen LogP contribution in [0.1, 0.15) is 29.2 Å². The predicted molar refractivity (Wildman–Crippen MR) is 119 cm³/mol. The number of aliphatic imine (C=N–C) groups is 1. The Balaban J connectivity index is 0.00000261. The van der Waals surface area contributed by atoms with Gasteiger partial charge >= 0.3 is 0 Å². The summed E-state index contributed by atoms with van der Waals surface area (Å²) in [5.41, 5.74) is 4.37. The Morgan fingerprint density at radius 3 is 2.67 bits per heavy atom. The second kappa shape index (κ2) is 10.8. The average molecular weight is 476 g/mol. The number of rotatable bonds is 6. The number of hydrogen-bond acceptors (Lipinski definition) is 3. The first-order valence-electron chi connectivity index (χ1n) is 9.04. The lowest BCUT2D eigenvalue weighted by Crippen LogP contribution is -2.38. The minimum atomic E-state index is 0. The van der Waals surface area contributed by atoms with Crippen LogP contribution in [-0.2, 0) is 19.4 Å². The van der Waals surface area contributed by atoms with Crippen molar-refractivity contribution in [1.29, 1.82) is 5.26 Å². The van der Waals surface area contributed by atoms with E-state index in [4.69, 9.17) is 10.00 Å². The monoisotopic (exact) mass is 476 g/mol. The van der Waals surface area contributed by atoms with E-state index >= 15 is 0 Å². The van der Waals surface area contributed by atoms with Crippen LogP contribution in [0.25, 0.3) is 0 Å². The van der Waals surface area contributed by atoms with Gasteiger partial charge in [-0.15, -0.1) is 24.0 Å². The molecule has 0 bridgehead atoms. The van der Waals surface area contributed by atoms with Crippen LogP contribution in [0.2, 0.25) is 0 Å². The molecule has 0 spiro atoms. The topological polar surface area (TPSA) is 69.4 Å². The summed E-state index contributed by atoms with van der Waals surface area (Å²) >= 11 is 0. The highest BCUT2D eigenvalue weighted by Gasteiger charge is 2.11. The molecular formula is C21H25IN4O. The van der Waals surface area contributed by atoms with Gasteiger partial charge in [0.25, 0.3) is 0 Å². The van der Waals surface area contributed by atoms with Crippen LogP contribution in [0.5, 0.6) is 5.75 Å². The Morgan fingerprint density at radius 2 is 1.93 bits per heavy atom. The van der Waals surface area contributed by atoms with Gasteiger partial charge in [0.15, 0.2) is 5.96 Å². The van der Waals surface area contributed by atoms with Crippen molar-refractivity contribution in [3.05, 3.63) is 64.7 Å². The van der Waals surface area contributed by atoms with Gasteiger partial charge in [0.05, 0.1) is 24.8 Å². The smallest absolute Gasteiger partial charge is 0.191 e. The zero-order chi connectivity index (χ0) is 18.2. The Hall–Kier alpha value is -2.27. The van der Waals surface area contributed by atoms with Crippen molar-refractivity contribution >= 4 is 29.9 Å². The summed E-state index contributed by atoms with van der Waals surface area (Å²) in [5.74, 6) is 1.83. The second-order valence-corrected chi connectivity index (χ2v) is 6.22. The fraction of sp³-hybridized carbons (Fsp3) is 0.333. The Bertz CT molecular complexity index is 812. The Kier molecular flexibility index (Phi) is 8.40. The summed E-state index contributed by atoms with van der Waals surface area (Å²) in [4.78, 5) is 4.62. The van der Waals surface area contributed by atoms with Gasteiger partial charge in [0.1, 0.15) is 5.75 Å². The number of benzene rings is 2. The minimum Gasteiger partial charge on any atom is -0.493 e. The lowest BCUT2D eigenvalue weighted by Gasteiger charge is -2.12. The zero-order valence-corrected chi connectivity index (χ0v) is 17.8. The van der Waals surface area contributed by atoms with E-state index in [1.165, 1.54) is 11.1 Å². The summed E-state index contributed by atoms with van der Waals surface area (Å²) in [5, 5.41) is 15.5. The van der Waals surface area contributed by atoms with E-state index in [-0.39, 0.29) is 24.0 Å². The molecule has 2 N–H and O–H groups in total. The van der Waals surface area contributed by atoms with Crippen LogP contribution in [-0.4, -0.2) is 25.7 Å². The summed E-state index contributed by atoms with van der Waals surface area (Å²) in [6, 6.07) is 16.1. The van der Waals surface area contributed by atoms with Crippen molar-refractivity contribution in [2.45, 2.75) is 26.3 Å². The first-order valence-corrected chi connectivity index (χ1v) is 9.04. The molecule has 2 aromatic carbocycles. The third-order valence-electron chi connectivity index (χ3n) is 4.31. The summed E-state index contributed by atoms with van der Waals surface area (Å²) in [7, 11) is 0. The maximum Gasteiger partial charge on any atom is 0.191 e. The maximum atomic E-state index is 8.85. The molecule has 0 saturated carbocycles. The molecule has 1 aliphatic rings. The third-order valence-corrected chi connectivity index (χ3v) is 4.31. The SMILES string of the molecule is CCNC(=NCc1ccc(C#N)cc1)NCCc1ccc2c(c1)CCO2.I. The molecule has 2 aromatic rings. The highest BCUT2D eigenvalue weighted by atomic mass is 127. The molecule has 6 heteroatoms. The largest absolute Gasteiger partial charge is 0.493 e. The van der Waals surface area contributed by atoms with E-state index < -0.39 is 0 Å². The van der Waals surface area contributed by atoms with Crippen molar-refractivity contribution < 1.29 is 4.74 Å². The van der Waals surface area contributed by atoms with Crippen LogP contribution >= 0.6 is 24.0 Å². The van der Waals surface area contributed by atoms with Crippen molar-refractivity contribution in [1.82, 2.24) is 10.6 Å². The zero-order valence-electron chi connectivity index (χ0n) is 15.5. The molecule has 142 valence electrons. The normalized spacial score (nSPS) is 12.4. The van der Waals surface area contributed by atoms with Gasteiger partial charge in [-0.1, -0.05) is 24.3 Å². The summed E-state index contributed by atoms with van der Waals surface area (Å²) in [6.45, 7) is 5.06. The summed E-state index contributed by atoms with van der Waals surface area (Å²) in [6.07, 6.45) is 1.94. The van der Waals surface area contributed by atoms with E-state index in [1.54, 1.807) is 0 Å². The van der Waals surface area contributed by atoms with E-state index in [2.05, 4.69) is 46.8 Å². The minimum absolute atomic E-state index is 0. The second-order valence-electron chi connectivity index (χ2n) is 6.22. The van der Waals surface area contributed by atoms with Crippen LogP contribution < -0.4 is 15.4 Å². The quantitative estimate of drug-likeness (QED) is 0.381. The number of guanidine groups is 1. The summed E-state index contributed by atoms with van der Waals surface area (Å²) < 4.78 is 5.55. The first-order chi connectivity index (χ1) is 12.8. The molecular weight excluding hydrogens is 451 g/mol. The van der Waals surface area contributed by atoms with Crippen molar-refractivity contribution in [2.24, 2.45) is 4.99 Å². The number of hydrogen-bond donors (Lipinski definition) is 2. The van der Waals surface area contributed by atoms with Crippen LogP contribution in [0.15, 0.2) is 47.5 Å². The lowest BCUT2D eigenvalue weighted by atomic mass is 10.1. The molecule has 5 nitrogen and oxygen atoms in total. The number of halogens is 1. The van der Waals surface area contributed by atoms with Gasteiger partial charge in [0, 0.05) is 19.5 Å². The molecule has 0 radical (unpaired) electrons. The van der Waals surface area contributed by atoms with Crippen LogP contribution in [0.4, 0.5) is 0 Å². The fourth-order valence-corrected chi connectivity index (χ4v) is 2.92. The van der Waals surface area contributed by atoms with Crippen molar-refractivity contribution in [3.63, 3.8) is 0 Å². The molecule has 0 atom stereocenters. The Morgan fingerprint density at radius 1 is 1.15 bits per heavy atom. The van der Waals surface area contributed by atoms with Gasteiger partial charge in [-0.2, -0.15) is 5.26 Å². The average Bonchev–Trinajstić information content (AvgIpc) is 3.14. The Labute approximate surface area is 177 Å². The molecule has 0 unspecified atom stereocenters. The molecule has 0 fully saturated rings. The first kappa shape index (κ1) is 21.0. The van der Waals surface area contributed by atoms with Gasteiger partial charge < -0.3 is 15.4 Å². The van der Waals surface area contributed by atoms with Gasteiger partial charge in [-0.3, -0.25) is 0 Å². The number of nitrogens with one attached hydrogen (secondary N) is 2. The van der Waals surface area contributed by atoms with Crippen LogP contribution in [0.3, 0.4) is 0 Å². The van der Waals surface area contributed by atoms with Gasteiger partial charge in [-0.25, -0.2) is 4.99 Å².